The third-order valence-electron chi connectivity index (χ3n) is 4.43. The number of aromatic hydroxyl groups is 1. The first-order valence-corrected chi connectivity index (χ1v) is 8.67. The molecule has 0 spiro atoms. The molecule has 0 unspecified atom stereocenters. The van der Waals surface area contributed by atoms with Crippen LogP contribution in [0.1, 0.15) is 16.7 Å². The molecule has 4 rings (SSSR count). The van der Waals surface area contributed by atoms with Crippen LogP contribution in [0.5, 0.6) is 5.75 Å². The van der Waals surface area contributed by atoms with Crippen molar-refractivity contribution in [2.45, 2.75) is 6.42 Å². The Labute approximate surface area is 153 Å². The Kier molecular flexibility index (Phi) is 4.48. The van der Waals surface area contributed by atoms with Gasteiger partial charge in [-0.05, 0) is 52.6 Å². The van der Waals surface area contributed by atoms with E-state index in [-0.39, 0.29) is 5.75 Å². The van der Waals surface area contributed by atoms with Gasteiger partial charge in [-0.2, -0.15) is 0 Å². The third-order valence-corrected chi connectivity index (χ3v) is 4.43. The molecule has 1 N–H and O–H groups in total. The van der Waals surface area contributed by atoms with Crippen molar-refractivity contribution < 1.29 is 5.11 Å². The van der Waals surface area contributed by atoms with E-state index in [0.29, 0.717) is 0 Å². The topological polar surface area (TPSA) is 32.6 Å². The van der Waals surface area contributed by atoms with Crippen molar-refractivity contribution in [3.8, 4) is 5.75 Å². The van der Waals surface area contributed by atoms with E-state index in [1.807, 2.05) is 48.5 Å². The zero-order valence-electron chi connectivity index (χ0n) is 14.3. The smallest absolute Gasteiger partial charge is 0.124 e. The first kappa shape index (κ1) is 16.1. The third kappa shape index (κ3) is 3.65. The number of phenols is 1. The maximum atomic E-state index is 10.2. The van der Waals surface area contributed by atoms with Gasteiger partial charge in [0.1, 0.15) is 5.75 Å². The van der Waals surface area contributed by atoms with Gasteiger partial charge in [0.2, 0.25) is 0 Å². The molecule has 0 radical (unpaired) electrons. The average Bonchev–Trinajstić information content (AvgIpc) is 2.69. The van der Waals surface area contributed by atoms with E-state index in [9.17, 15) is 5.11 Å². The predicted molar refractivity (Wildman–Crippen MR) is 109 cm³/mol. The summed E-state index contributed by atoms with van der Waals surface area (Å²) in [7, 11) is 0. The fraction of sp³-hybridized carbons (Fsp3) is 0.0417. The van der Waals surface area contributed by atoms with Crippen molar-refractivity contribution in [2.24, 2.45) is 4.99 Å². The van der Waals surface area contributed by atoms with Gasteiger partial charge in [0.15, 0.2) is 0 Å². The normalized spacial score (nSPS) is 11.2. The summed E-state index contributed by atoms with van der Waals surface area (Å²) in [6.07, 6.45) is 2.56. The summed E-state index contributed by atoms with van der Waals surface area (Å²) in [4.78, 5) is 4.55. The molecule has 0 saturated carbocycles. The van der Waals surface area contributed by atoms with Crippen molar-refractivity contribution in [1.29, 1.82) is 0 Å². The zero-order chi connectivity index (χ0) is 17.8. The van der Waals surface area contributed by atoms with Gasteiger partial charge in [-0.1, -0.05) is 66.7 Å². The van der Waals surface area contributed by atoms with Gasteiger partial charge < -0.3 is 5.11 Å². The summed E-state index contributed by atoms with van der Waals surface area (Å²) < 4.78 is 0. The van der Waals surface area contributed by atoms with Crippen LogP contribution in [0.15, 0.2) is 96.0 Å². The van der Waals surface area contributed by atoms with Crippen LogP contribution < -0.4 is 0 Å². The van der Waals surface area contributed by atoms with Crippen LogP contribution in [0.25, 0.3) is 10.8 Å². The quantitative estimate of drug-likeness (QED) is 0.463. The molecule has 0 heterocycles. The number of phenolic OH excluding ortho intramolecular Hbond substituents is 1. The maximum Gasteiger partial charge on any atom is 0.124 e. The number of fused-ring (bicyclic) bond motifs is 1. The molecule has 26 heavy (non-hydrogen) atoms. The molecule has 2 nitrogen and oxygen atoms in total. The van der Waals surface area contributed by atoms with Crippen molar-refractivity contribution in [2.75, 3.05) is 0 Å². The number of rotatable bonds is 4. The Morgan fingerprint density at radius 3 is 2.31 bits per heavy atom. The minimum absolute atomic E-state index is 0.242. The largest absolute Gasteiger partial charge is 0.507 e. The lowest BCUT2D eigenvalue weighted by Crippen LogP contribution is -1.91. The van der Waals surface area contributed by atoms with Gasteiger partial charge in [0.05, 0.1) is 5.69 Å². The first-order valence-electron chi connectivity index (χ1n) is 8.67. The molecule has 0 atom stereocenters. The Bertz CT molecular complexity index is 1070. The number of nitrogens with zero attached hydrogens (tertiary/aromatic N) is 1. The van der Waals surface area contributed by atoms with E-state index in [1.165, 1.54) is 10.9 Å². The SMILES string of the molecule is Oc1ccc(Cc2ccccc2)cc1C=Nc1ccc2ccccc2c1. The van der Waals surface area contributed by atoms with Gasteiger partial charge in [-0.15, -0.1) is 0 Å². The minimum Gasteiger partial charge on any atom is -0.507 e. The van der Waals surface area contributed by atoms with Crippen LogP contribution >= 0.6 is 0 Å². The van der Waals surface area contributed by atoms with Gasteiger partial charge in [-0.25, -0.2) is 0 Å². The van der Waals surface area contributed by atoms with Crippen LogP contribution in [0.3, 0.4) is 0 Å². The molecule has 2 heteroatoms. The number of hydrogen-bond donors (Lipinski definition) is 1. The van der Waals surface area contributed by atoms with Crippen LogP contribution in [0.2, 0.25) is 0 Å². The summed E-state index contributed by atoms with van der Waals surface area (Å²) >= 11 is 0. The van der Waals surface area contributed by atoms with E-state index < -0.39 is 0 Å². The Morgan fingerprint density at radius 1 is 0.692 bits per heavy atom. The summed E-state index contributed by atoms with van der Waals surface area (Å²) in [5, 5.41) is 12.5. The number of benzene rings is 4. The van der Waals surface area contributed by atoms with E-state index in [2.05, 4.69) is 41.4 Å². The molecule has 0 aliphatic carbocycles. The molecule has 4 aromatic rings. The Morgan fingerprint density at radius 2 is 1.46 bits per heavy atom. The first-order chi connectivity index (χ1) is 12.8. The van der Waals surface area contributed by atoms with E-state index in [1.54, 1.807) is 12.3 Å². The molecular weight excluding hydrogens is 318 g/mol. The summed E-state index contributed by atoms with van der Waals surface area (Å²) in [6.45, 7) is 0. The highest BCUT2D eigenvalue weighted by Gasteiger charge is 2.02. The average molecular weight is 337 g/mol. The second-order valence-electron chi connectivity index (χ2n) is 6.35. The lowest BCUT2D eigenvalue weighted by molar-refractivity contribution is 0.474. The molecule has 4 aromatic carbocycles. The van der Waals surface area contributed by atoms with Crippen LogP contribution in [0, 0.1) is 0 Å². The van der Waals surface area contributed by atoms with Gasteiger partial charge >= 0.3 is 0 Å². The number of hydrogen-bond acceptors (Lipinski definition) is 2. The molecule has 0 aliphatic heterocycles. The standard InChI is InChI=1S/C24H19NO/c26-24-13-10-19(14-18-6-2-1-3-7-18)15-22(24)17-25-23-12-11-20-8-4-5-9-21(20)16-23/h1-13,15-17,26H,14H2. The van der Waals surface area contributed by atoms with Crippen molar-refractivity contribution >= 4 is 22.7 Å². The van der Waals surface area contributed by atoms with Gasteiger partial charge in [0.25, 0.3) is 0 Å². The monoisotopic (exact) mass is 337 g/mol. The van der Waals surface area contributed by atoms with Crippen molar-refractivity contribution in [3.05, 3.63) is 108 Å². The lowest BCUT2D eigenvalue weighted by atomic mass is 10.0. The second-order valence-corrected chi connectivity index (χ2v) is 6.35. The van der Waals surface area contributed by atoms with Gasteiger partial charge in [-0.3, -0.25) is 4.99 Å². The fourth-order valence-electron chi connectivity index (χ4n) is 3.05. The van der Waals surface area contributed by atoms with Crippen molar-refractivity contribution in [3.63, 3.8) is 0 Å². The maximum absolute atomic E-state index is 10.2. The zero-order valence-corrected chi connectivity index (χ0v) is 14.3. The second kappa shape index (κ2) is 7.24. The molecule has 126 valence electrons. The summed E-state index contributed by atoms with van der Waals surface area (Å²) in [5.41, 5.74) is 3.99. The molecule has 0 aromatic heterocycles. The molecule has 0 amide bonds. The van der Waals surface area contributed by atoms with E-state index in [0.717, 1.165) is 28.6 Å². The molecule has 0 aliphatic rings. The van der Waals surface area contributed by atoms with Crippen LogP contribution in [-0.2, 0) is 6.42 Å². The molecule has 0 bridgehead atoms. The molecular formula is C24H19NO. The highest BCUT2D eigenvalue weighted by Crippen LogP contribution is 2.23. The lowest BCUT2D eigenvalue weighted by Gasteiger charge is -2.05. The predicted octanol–water partition coefficient (Wildman–Crippen LogP) is 5.89. The van der Waals surface area contributed by atoms with E-state index in [4.69, 9.17) is 0 Å². The Balaban J connectivity index is 1.60. The minimum atomic E-state index is 0.242. The Hall–Kier alpha value is -3.39. The summed E-state index contributed by atoms with van der Waals surface area (Å²) in [6, 6.07) is 30.3. The summed E-state index contributed by atoms with van der Waals surface area (Å²) in [5.74, 6) is 0.242. The van der Waals surface area contributed by atoms with E-state index >= 15 is 0 Å². The number of aliphatic imine (C=N–C) groups is 1. The molecule has 0 saturated heterocycles. The van der Waals surface area contributed by atoms with Crippen molar-refractivity contribution in [1.82, 2.24) is 0 Å². The van der Waals surface area contributed by atoms with Crippen LogP contribution in [-0.4, -0.2) is 11.3 Å². The fourth-order valence-corrected chi connectivity index (χ4v) is 3.05. The van der Waals surface area contributed by atoms with Gasteiger partial charge in [0, 0.05) is 11.8 Å². The highest BCUT2D eigenvalue weighted by molar-refractivity contribution is 5.89. The highest BCUT2D eigenvalue weighted by atomic mass is 16.3. The molecule has 0 fully saturated rings. The van der Waals surface area contributed by atoms with Crippen LogP contribution in [0.4, 0.5) is 5.69 Å².